The SMILES string of the molecule is COc1ccc(CCNS(=O)(=O)c2ccc(NC(=O)NCC(C)C)cc2)cc1. The summed E-state index contributed by atoms with van der Waals surface area (Å²) in [5.74, 6) is 1.11. The highest BCUT2D eigenvalue weighted by Gasteiger charge is 2.13. The Bertz CT molecular complexity index is 863. The zero-order valence-electron chi connectivity index (χ0n) is 16.4. The Morgan fingerprint density at radius 2 is 1.68 bits per heavy atom. The van der Waals surface area contributed by atoms with Crippen LogP contribution in [0.3, 0.4) is 0 Å². The molecule has 0 heterocycles. The Morgan fingerprint density at radius 3 is 2.25 bits per heavy atom. The largest absolute Gasteiger partial charge is 0.497 e. The van der Waals surface area contributed by atoms with E-state index in [0.29, 0.717) is 24.6 Å². The van der Waals surface area contributed by atoms with Gasteiger partial charge in [0.05, 0.1) is 12.0 Å². The molecule has 28 heavy (non-hydrogen) atoms. The van der Waals surface area contributed by atoms with E-state index in [4.69, 9.17) is 4.74 Å². The van der Waals surface area contributed by atoms with E-state index < -0.39 is 10.0 Å². The van der Waals surface area contributed by atoms with Crippen LogP contribution in [-0.2, 0) is 16.4 Å². The Morgan fingerprint density at radius 1 is 1.04 bits per heavy atom. The summed E-state index contributed by atoms with van der Waals surface area (Å²) >= 11 is 0. The number of methoxy groups -OCH3 is 1. The number of carbonyl (C=O) groups excluding carboxylic acids is 1. The number of amides is 2. The van der Waals surface area contributed by atoms with Crippen LogP contribution in [0.2, 0.25) is 0 Å². The average molecular weight is 406 g/mol. The molecule has 0 unspecified atom stereocenters. The van der Waals surface area contributed by atoms with Crippen LogP contribution in [0.5, 0.6) is 5.75 Å². The summed E-state index contributed by atoms with van der Waals surface area (Å²) in [7, 11) is -2.01. The van der Waals surface area contributed by atoms with Crippen LogP contribution >= 0.6 is 0 Å². The molecule has 0 aliphatic heterocycles. The van der Waals surface area contributed by atoms with Gasteiger partial charge in [0.1, 0.15) is 5.75 Å². The molecule has 7 nitrogen and oxygen atoms in total. The summed E-state index contributed by atoms with van der Waals surface area (Å²) in [6.45, 7) is 4.85. The van der Waals surface area contributed by atoms with Crippen LogP contribution < -0.4 is 20.1 Å². The van der Waals surface area contributed by atoms with Gasteiger partial charge < -0.3 is 15.4 Å². The lowest BCUT2D eigenvalue weighted by atomic mass is 10.1. The number of nitrogens with one attached hydrogen (secondary N) is 3. The van der Waals surface area contributed by atoms with Crippen molar-refractivity contribution in [1.29, 1.82) is 0 Å². The van der Waals surface area contributed by atoms with Crippen molar-refractivity contribution in [2.75, 3.05) is 25.5 Å². The summed E-state index contributed by atoms with van der Waals surface area (Å²) in [5, 5.41) is 5.41. The first kappa shape index (κ1) is 21.7. The molecule has 2 aromatic rings. The maximum atomic E-state index is 12.4. The van der Waals surface area contributed by atoms with Gasteiger partial charge in [0.25, 0.3) is 0 Å². The number of benzene rings is 2. The molecule has 3 N–H and O–H groups in total. The Labute approximate surface area is 166 Å². The number of hydrogen-bond acceptors (Lipinski definition) is 4. The van der Waals surface area contributed by atoms with E-state index in [-0.39, 0.29) is 17.5 Å². The van der Waals surface area contributed by atoms with Gasteiger partial charge in [-0.15, -0.1) is 0 Å². The predicted octanol–water partition coefficient (Wildman–Crippen LogP) is 2.99. The van der Waals surface area contributed by atoms with Gasteiger partial charge >= 0.3 is 6.03 Å². The monoisotopic (exact) mass is 405 g/mol. The third kappa shape index (κ3) is 6.86. The lowest BCUT2D eigenvalue weighted by Gasteiger charge is -2.10. The number of sulfonamides is 1. The maximum Gasteiger partial charge on any atom is 0.319 e. The molecular weight excluding hydrogens is 378 g/mol. The molecule has 2 amide bonds. The van der Waals surface area contributed by atoms with E-state index in [1.165, 1.54) is 12.1 Å². The molecule has 2 aromatic carbocycles. The third-order valence-electron chi connectivity index (χ3n) is 3.96. The molecule has 0 radical (unpaired) electrons. The van der Waals surface area contributed by atoms with Crippen LogP contribution in [0.1, 0.15) is 19.4 Å². The van der Waals surface area contributed by atoms with Crippen molar-refractivity contribution in [3.05, 3.63) is 54.1 Å². The lowest BCUT2D eigenvalue weighted by molar-refractivity contribution is 0.251. The topological polar surface area (TPSA) is 96.5 Å². The van der Waals surface area contributed by atoms with Crippen molar-refractivity contribution < 1.29 is 17.9 Å². The minimum Gasteiger partial charge on any atom is -0.497 e. The van der Waals surface area contributed by atoms with Crippen molar-refractivity contribution >= 4 is 21.7 Å². The van der Waals surface area contributed by atoms with Gasteiger partial charge in [-0.05, 0) is 54.3 Å². The summed E-state index contributed by atoms with van der Waals surface area (Å²) in [6, 6.07) is 13.2. The van der Waals surface area contributed by atoms with Gasteiger partial charge in [-0.2, -0.15) is 0 Å². The summed E-state index contributed by atoms with van der Waals surface area (Å²) in [6.07, 6.45) is 0.568. The minimum atomic E-state index is -3.61. The molecule has 0 saturated heterocycles. The third-order valence-corrected chi connectivity index (χ3v) is 5.44. The molecule has 152 valence electrons. The van der Waals surface area contributed by atoms with Crippen LogP contribution in [0.4, 0.5) is 10.5 Å². The molecule has 0 saturated carbocycles. The number of ether oxygens (including phenoxy) is 1. The second kappa shape index (κ2) is 10.1. The first-order chi connectivity index (χ1) is 13.3. The van der Waals surface area contributed by atoms with E-state index in [1.54, 1.807) is 19.2 Å². The molecule has 0 atom stereocenters. The number of anilines is 1. The zero-order chi connectivity index (χ0) is 20.6. The smallest absolute Gasteiger partial charge is 0.319 e. The minimum absolute atomic E-state index is 0.148. The Kier molecular flexibility index (Phi) is 7.83. The van der Waals surface area contributed by atoms with Crippen LogP contribution in [0.25, 0.3) is 0 Å². The standard InChI is InChI=1S/C20H27N3O4S/c1-15(2)14-21-20(24)23-17-6-10-19(11-7-17)28(25,26)22-13-12-16-4-8-18(27-3)9-5-16/h4-11,15,22H,12-14H2,1-3H3,(H2,21,23,24). The van der Waals surface area contributed by atoms with Crippen LogP contribution in [0, 0.1) is 5.92 Å². The molecule has 0 bridgehead atoms. The Balaban J connectivity index is 1.87. The first-order valence-electron chi connectivity index (χ1n) is 9.07. The van der Waals surface area contributed by atoms with E-state index >= 15 is 0 Å². The molecule has 0 aliphatic carbocycles. The van der Waals surface area contributed by atoms with Crippen molar-refractivity contribution in [2.24, 2.45) is 5.92 Å². The van der Waals surface area contributed by atoms with Crippen molar-refractivity contribution in [3.63, 3.8) is 0 Å². The van der Waals surface area contributed by atoms with Gasteiger partial charge in [-0.1, -0.05) is 26.0 Å². The fourth-order valence-electron chi connectivity index (χ4n) is 2.39. The molecule has 0 aromatic heterocycles. The second-order valence-electron chi connectivity index (χ2n) is 6.75. The summed E-state index contributed by atoms with van der Waals surface area (Å²) in [4.78, 5) is 11.9. The predicted molar refractivity (Wildman–Crippen MR) is 110 cm³/mol. The first-order valence-corrected chi connectivity index (χ1v) is 10.6. The highest BCUT2D eigenvalue weighted by atomic mass is 32.2. The molecular formula is C20H27N3O4S. The highest BCUT2D eigenvalue weighted by Crippen LogP contribution is 2.15. The molecule has 0 aliphatic rings. The molecule has 0 fully saturated rings. The van der Waals surface area contributed by atoms with E-state index in [2.05, 4.69) is 15.4 Å². The summed E-state index contributed by atoms with van der Waals surface area (Å²) in [5.41, 5.74) is 1.54. The zero-order valence-corrected chi connectivity index (χ0v) is 17.2. The van der Waals surface area contributed by atoms with Crippen molar-refractivity contribution in [1.82, 2.24) is 10.0 Å². The van der Waals surface area contributed by atoms with Crippen LogP contribution in [0.15, 0.2) is 53.4 Å². The fraction of sp³-hybridized carbons (Fsp3) is 0.350. The quantitative estimate of drug-likeness (QED) is 0.597. The van der Waals surface area contributed by atoms with Crippen molar-refractivity contribution in [3.8, 4) is 5.75 Å². The van der Waals surface area contributed by atoms with Gasteiger partial charge in [0.15, 0.2) is 0 Å². The number of carbonyl (C=O) groups is 1. The number of hydrogen-bond donors (Lipinski definition) is 3. The molecule has 8 heteroatoms. The highest BCUT2D eigenvalue weighted by molar-refractivity contribution is 7.89. The van der Waals surface area contributed by atoms with Crippen LogP contribution in [-0.4, -0.2) is 34.6 Å². The summed E-state index contributed by atoms with van der Waals surface area (Å²) < 4.78 is 32.5. The van der Waals surface area contributed by atoms with E-state index in [0.717, 1.165) is 11.3 Å². The molecule has 0 spiro atoms. The average Bonchev–Trinajstić information content (AvgIpc) is 2.67. The Hall–Kier alpha value is -2.58. The number of rotatable bonds is 9. The maximum absolute atomic E-state index is 12.4. The lowest BCUT2D eigenvalue weighted by Crippen LogP contribution is -2.31. The van der Waals surface area contributed by atoms with E-state index in [1.807, 2.05) is 38.1 Å². The van der Waals surface area contributed by atoms with Crippen molar-refractivity contribution in [2.45, 2.75) is 25.2 Å². The second-order valence-corrected chi connectivity index (χ2v) is 8.52. The van der Waals surface area contributed by atoms with E-state index in [9.17, 15) is 13.2 Å². The normalized spacial score (nSPS) is 11.3. The van der Waals surface area contributed by atoms with Gasteiger partial charge in [-0.25, -0.2) is 17.9 Å². The van der Waals surface area contributed by atoms with Gasteiger partial charge in [0.2, 0.25) is 10.0 Å². The molecule has 2 rings (SSSR count). The van der Waals surface area contributed by atoms with Gasteiger partial charge in [0, 0.05) is 18.8 Å². The fourth-order valence-corrected chi connectivity index (χ4v) is 3.43. The van der Waals surface area contributed by atoms with Gasteiger partial charge in [-0.3, -0.25) is 0 Å². The number of urea groups is 1.